The molecule has 0 radical (unpaired) electrons. The summed E-state index contributed by atoms with van der Waals surface area (Å²) in [6.07, 6.45) is 2.61. The van der Waals surface area contributed by atoms with Gasteiger partial charge in [-0.2, -0.15) is 5.26 Å². The van der Waals surface area contributed by atoms with E-state index < -0.39 is 6.04 Å². The minimum Gasteiger partial charge on any atom is -0.508 e. The maximum Gasteiger partial charge on any atom is 0.168 e. The first-order valence-corrected chi connectivity index (χ1v) is 8.20. The molecule has 0 aliphatic carbocycles. The van der Waals surface area contributed by atoms with Gasteiger partial charge in [-0.3, -0.25) is 0 Å². The third-order valence-electron chi connectivity index (χ3n) is 3.28. The second kappa shape index (κ2) is 9.11. The predicted molar refractivity (Wildman–Crippen MR) is 101 cm³/mol. The summed E-state index contributed by atoms with van der Waals surface area (Å²) in [5, 5.41) is 19.0. The number of carbonyl (C=O) groups excluding carboxylic acids is 1. The molecule has 0 heterocycles. The monoisotopic (exact) mass is 391 g/mol. The highest BCUT2D eigenvalue weighted by atomic mass is 35.5. The number of nitrogens with zero attached hydrogens (tertiary/aromatic N) is 1. The number of allylic oxidation sites excluding steroid dienone is 1. The van der Waals surface area contributed by atoms with Crippen molar-refractivity contribution in [1.82, 2.24) is 5.43 Å². The Balaban J connectivity index is 2.20. The summed E-state index contributed by atoms with van der Waals surface area (Å²) in [6.45, 7) is 3.64. The highest BCUT2D eigenvalue weighted by Gasteiger charge is 2.13. The van der Waals surface area contributed by atoms with Crippen LogP contribution in [-0.4, -0.2) is 17.4 Å². The number of hydrogen-bond acceptors (Lipinski definition) is 6. The van der Waals surface area contributed by atoms with Crippen molar-refractivity contribution in [3.8, 4) is 23.3 Å². The molecule has 0 amide bonds. The van der Waals surface area contributed by atoms with E-state index in [2.05, 4.69) is 17.4 Å². The van der Waals surface area contributed by atoms with Gasteiger partial charge >= 0.3 is 0 Å². The molecule has 8 heteroatoms. The number of ether oxygens (including phenoxy) is 1. The van der Waals surface area contributed by atoms with Crippen LogP contribution >= 0.6 is 23.2 Å². The third-order valence-corrected chi connectivity index (χ3v) is 3.84. The number of aldehydes is 1. The van der Waals surface area contributed by atoms with Crippen LogP contribution in [0.3, 0.4) is 0 Å². The maximum atomic E-state index is 10.6. The van der Waals surface area contributed by atoms with Gasteiger partial charge in [0.05, 0.1) is 21.8 Å². The van der Waals surface area contributed by atoms with Crippen LogP contribution in [0.1, 0.15) is 5.56 Å². The first-order valence-electron chi connectivity index (χ1n) is 7.44. The fourth-order valence-electron chi connectivity index (χ4n) is 2.05. The molecule has 0 bridgehead atoms. The predicted octanol–water partition coefficient (Wildman–Crippen LogP) is 4.23. The van der Waals surface area contributed by atoms with Gasteiger partial charge in [-0.25, -0.2) is 5.43 Å². The van der Waals surface area contributed by atoms with Crippen molar-refractivity contribution in [2.45, 2.75) is 12.5 Å². The molecule has 26 heavy (non-hydrogen) atoms. The Bertz CT molecular complexity index is 842. The zero-order valence-corrected chi connectivity index (χ0v) is 15.0. The lowest BCUT2D eigenvalue weighted by molar-refractivity contribution is -0.108. The molecule has 2 aromatic rings. The van der Waals surface area contributed by atoms with Crippen molar-refractivity contribution in [3.63, 3.8) is 0 Å². The number of benzene rings is 2. The molecule has 3 N–H and O–H groups in total. The molecule has 1 unspecified atom stereocenters. The summed E-state index contributed by atoms with van der Waals surface area (Å²) in [5.74, 6) is 0.830. The van der Waals surface area contributed by atoms with E-state index in [1.54, 1.807) is 24.3 Å². The van der Waals surface area contributed by atoms with Gasteiger partial charge in [-0.05, 0) is 36.8 Å². The Morgan fingerprint density at radius 2 is 2.00 bits per heavy atom. The lowest BCUT2D eigenvalue weighted by Gasteiger charge is -2.14. The summed E-state index contributed by atoms with van der Waals surface area (Å²) in [6, 6.07) is 8.56. The Hall–Kier alpha value is -2.72. The van der Waals surface area contributed by atoms with Crippen LogP contribution in [-0.2, 0) is 11.2 Å². The van der Waals surface area contributed by atoms with Crippen molar-refractivity contribution in [1.29, 1.82) is 5.26 Å². The lowest BCUT2D eigenvalue weighted by atomic mass is 10.1. The topological polar surface area (TPSA) is 94.4 Å². The number of carbonyl (C=O) groups is 1. The number of halogens is 2. The second-order valence-corrected chi connectivity index (χ2v) is 5.98. The number of nitrogens with one attached hydrogen (secondary N) is 2. The van der Waals surface area contributed by atoms with Crippen LogP contribution in [0.5, 0.6) is 17.2 Å². The number of anilines is 1. The van der Waals surface area contributed by atoms with Crippen molar-refractivity contribution < 1.29 is 14.6 Å². The molecule has 0 spiro atoms. The molecule has 6 nitrogen and oxygen atoms in total. The molecule has 0 fully saturated rings. The van der Waals surface area contributed by atoms with Gasteiger partial charge in [0.1, 0.15) is 11.5 Å². The third kappa shape index (κ3) is 4.90. The number of aromatic hydroxyl groups is 1. The van der Waals surface area contributed by atoms with Gasteiger partial charge in [0.25, 0.3) is 0 Å². The molecule has 134 valence electrons. The van der Waals surface area contributed by atoms with Crippen LogP contribution in [0, 0.1) is 11.3 Å². The van der Waals surface area contributed by atoms with Gasteiger partial charge in [0.2, 0.25) is 0 Å². The fraction of sp³-hybridized carbons (Fsp3) is 0.111. The van der Waals surface area contributed by atoms with Crippen LogP contribution in [0.4, 0.5) is 5.69 Å². The van der Waals surface area contributed by atoms with Crippen LogP contribution < -0.4 is 15.6 Å². The van der Waals surface area contributed by atoms with Gasteiger partial charge in [-0.15, -0.1) is 6.58 Å². The Morgan fingerprint density at radius 1 is 1.31 bits per heavy atom. The maximum absolute atomic E-state index is 10.6. The van der Waals surface area contributed by atoms with Crippen molar-refractivity contribution in [3.05, 3.63) is 58.6 Å². The van der Waals surface area contributed by atoms with Gasteiger partial charge in [0.15, 0.2) is 18.1 Å². The molecule has 0 saturated heterocycles. The summed E-state index contributed by atoms with van der Waals surface area (Å²) >= 11 is 12.4. The molecular formula is C18H15Cl2N3O3. The molecule has 2 rings (SSSR count). The number of hydrogen-bond donors (Lipinski definition) is 3. The molecule has 0 aliphatic heterocycles. The summed E-state index contributed by atoms with van der Waals surface area (Å²) in [5.41, 5.74) is 6.30. The van der Waals surface area contributed by atoms with E-state index in [4.69, 9.17) is 33.2 Å². The quantitative estimate of drug-likeness (QED) is 0.354. The summed E-state index contributed by atoms with van der Waals surface area (Å²) in [4.78, 5) is 10.6. The summed E-state index contributed by atoms with van der Waals surface area (Å²) < 4.78 is 5.74. The zero-order chi connectivity index (χ0) is 19.1. The number of phenolic OH excluding ortho intramolecular Hbond substituents is 1. The minimum absolute atomic E-state index is 0.141. The molecule has 1 atom stereocenters. The Kier molecular flexibility index (Phi) is 6.87. The normalized spacial score (nSPS) is 11.3. The standard InChI is InChI=1S/C18H15Cl2N3O3/c1-2-3-11-6-14(4-5-17(11)25)26-18-15(19)7-12(8-16(18)20)22-23-13(9-21)10-24/h2,4-8,10,13,22-23,25H,1,3H2. The molecule has 2 aromatic carbocycles. The smallest absolute Gasteiger partial charge is 0.168 e. The van der Waals surface area contributed by atoms with Crippen molar-refractivity contribution in [2.75, 3.05) is 5.43 Å². The van der Waals surface area contributed by atoms with Gasteiger partial charge < -0.3 is 20.1 Å². The van der Waals surface area contributed by atoms with E-state index in [0.717, 1.165) is 0 Å². The number of hydrazine groups is 1. The summed E-state index contributed by atoms with van der Waals surface area (Å²) in [7, 11) is 0. The van der Waals surface area contributed by atoms with Crippen LogP contribution in [0.2, 0.25) is 10.0 Å². The fourth-order valence-corrected chi connectivity index (χ4v) is 2.61. The van der Waals surface area contributed by atoms with Gasteiger partial charge in [0, 0.05) is 5.56 Å². The Labute approximate surface area is 160 Å². The first kappa shape index (κ1) is 19.6. The molecule has 0 aliphatic rings. The van der Waals surface area contributed by atoms with E-state index in [0.29, 0.717) is 29.7 Å². The first-order chi connectivity index (χ1) is 12.5. The number of rotatable bonds is 8. The highest BCUT2D eigenvalue weighted by molar-refractivity contribution is 6.37. The van der Waals surface area contributed by atoms with E-state index in [9.17, 15) is 9.90 Å². The Morgan fingerprint density at radius 3 is 2.58 bits per heavy atom. The largest absolute Gasteiger partial charge is 0.508 e. The minimum atomic E-state index is -1.01. The van der Waals surface area contributed by atoms with Gasteiger partial charge in [-0.1, -0.05) is 29.3 Å². The molecule has 0 aromatic heterocycles. The molecule has 0 saturated carbocycles. The van der Waals surface area contributed by atoms with Crippen molar-refractivity contribution in [2.24, 2.45) is 0 Å². The average Bonchev–Trinajstić information content (AvgIpc) is 2.62. The zero-order valence-electron chi connectivity index (χ0n) is 13.5. The van der Waals surface area contributed by atoms with Crippen LogP contribution in [0.25, 0.3) is 0 Å². The van der Waals surface area contributed by atoms with E-state index >= 15 is 0 Å². The number of phenols is 1. The molecular weight excluding hydrogens is 377 g/mol. The highest BCUT2D eigenvalue weighted by Crippen LogP contribution is 2.39. The van der Waals surface area contributed by atoms with E-state index in [1.807, 2.05) is 0 Å². The van der Waals surface area contributed by atoms with Crippen molar-refractivity contribution >= 4 is 35.2 Å². The SMILES string of the molecule is C=CCc1cc(Oc2c(Cl)cc(NNC(C#N)C=O)cc2Cl)ccc1O. The lowest BCUT2D eigenvalue weighted by Crippen LogP contribution is -2.33. The van der Waals surface area contributed by atoms with Crippen LogP contribution in [0.15, 0.2) is 43.0 Å². The van der Waals surface area contributed by atoms with E-state index in [-0.39, 0.29) is 21.5 Å². The average molecular weight is 392 g/mol. The second-order valence-electron chi connectivity index (χ2n) is 5.17. The number of nitriles is 1. The van der Waals surface area contributed by atoms with E-state index in [1.165, 1.54) is 18.2 Å².